The van der Waals surface area contributed by atoms with E-state index < -0.39 is 12.4 Å². The molecule has 1 aromatic carbocycles. The summed E-state index contributed by atoms with van der Waals surface area (Å²) in [6.45, 7) is 2.47. The molecule has 7 heteroatoms. The summed E-state index contributed by atoms with van der Waals surface area (Å²) in [6.07, 6.45) is 3.50. The van der Waals surface area contributed by atoms with Crippen LogP contribution in [0.2, 0.25) is 0 Å². The van der Waals surface area contributed by atoms with Crippen LogP contribution in [0.1, 0.15) is 43.3 Å². The quantitative estimate of drug-likeness (QED) is 0.576. The largest absolute Gasteiger partial charge is 0.386 e. The number of fused-ring (bicyclic) bond motifs is 1. The van der Waals surface area contributed by atoms with Gasteiger partial charge in [0, 0.05) is 22.7 Å². The van der Waals surface area contributed by atoms with Crippen molar-refractivity contribution < 1.29 is 20.1 Å². The van der Waals surface area contributed by atoms with Crippen LogP contribution in [-0.4, -0.2) is 42.8 Å². The highest BCUT2D eigenvalue weighted by Crippen LogP contribution is 2.30. The molecule has 1 fully saturated rings. The minimum Gasteiger partial charge on any atom is -0.386 e. The van der Waals surface area contributed by atoms with Gasteiger partial charge in [-0.05, 0) is 37.0 Å². The van der Waals surface area contributed by atoms with Crippen LogP contribution in [0.3, 0.4) is 0 Å². The summed E-state index contributed by atoms with van der Waals surface area (Å²) in [5, 5.41) is 34.0. The van der Waals surface area contributed by atoms with Crippen molar-refractivity contribution in [3.63, 3.8) is 0 Å². The van der Waals surface area contributed by atoms with Gasteiger partial charge in [-0.3, -0.25) is 0 Å². The molecule has 3 aromatic rings. The maximum atomic E-state index is 10.4. The Balaban J connectivity index is 1.50. The maximum absolute atomic E-state index is 10.4. The Labute approximate surface area is 156 Å². The number of pyridine rings is 1. The molecular formula is C20H23N3O4. The Morgan fingerprint density at radius 1 is 1.11 bits per heavy atom. The first-order valence-electron chi connectivity index (χ1n) is 9.11. The van der Waals surface area contributed by atoms with Crippen LogP contribution in [0.15, 0.2) is 42.7 Å². The highest BCUT2D eigenvalue weighted by molar-refractivity contribution is 5.76. The number of rotatable bonds is 6. The molecule has 1 atom stereocenters. The van der Waals surface area contributed by atoms with Gasteiger partial charge in [-0.15, -0.1) is 0 Å². The van der Waals surface area contributed by atoms with E-state index in [1.165, 1.54) is 0 Å². The third-order valence-electron chi connectivity index (χ3n) is 5.07. The van der Waals surface area contributed by atoms with E-state index in [4.69, 9.17) is 4.74 Å². The molecule has 0 radical (unpaired) electrons. The molecule has 1 aliphatic carbocycles. The van der Waals surface area contributed by atoms with Crippen LogP contribution in [0.25, 0.3) is 16.7 Å². The van der Waals surface area contributed by atoms with Gasteiger partial charge in [0.1, 0.15) is 6.10 Å². The molecule has 1 saturated carbocycles. The molecule has 1 aliphatic rings. The summed E-state index contributed by atoms with van der Waals surface area (Å²) in [5.41, 5.74) is 2.54. The first-order chi connectivity index (χ1) is 13.0. The Morgan fingerprint density at radius 2 is 1.85 bits per heavy atom. The molecule has 0 unspecified atom stereocenters. The predicted molar refractivity (Wildman–Crippen MR) is 99.1 cm³/mol. The van der Waals surface area contributed by atoms with Gasteiger partial charge in [-0.1, -0.05) is 19.1 Å². The number of aromatic nitrogens is 3. The fourth-order valence-electron chi connectivity index (χ4n) is 3.39. The number of ether oxygens (including phenoxy) is 1. The fourth-order valence-corrected chi connectivity index (χ4v) is 3.39. The number of hydrogen-bond donors (Lipinski definition) is 3. The van der Waals surface area contributed by atoms with E-state index in [0.717, 1.165) is 23.9 Å². The van der Waals surface area contributed by atoms with Crippen molar-refractivity contribution in [2.75, 3.05) is 6.61 Å². The van der Waals surface area contributed by atoms with Gasteiger partial charge < -0.3 is 20.1 Å². The van der Waals surface area contributed by atoms with Gasteiger partial charge in [0.15, 0.2) is 11.9 Å². The van der Waals surface area contributed by atoms with Crippen molar-refractivity contribution >= 4 is 11.0 Å². The predicted octanol–water partition coefficient (Wildman–Crippen LogP) is 2.25. The van der Waals surface area contributed by atoms with E-state index in [0.29, 0.717) is 22.7 Å². The normalized spacial score (nSPS) is 20.8. The Bertz CT molecular complexity index is 917. The second-order valence-corrected chi connectivity index (χ2v) is 7.25. The second kappa shape index (κ2) is 7.36. The number of nitrogens with zero attached hydrogens (tertiary/aromatic N) is 3. The monoisotopic (exact) mass is 369 g/mol. The number of benzene rings is 1. The summed E-state index contributed by atoms with van der Waals surface area (Å²) in [6, 6.07) is 8.63. The molecule has 0 aliphatic heterocycles. The van der Waals surface area contributed by atoms with Crippen molar-refractivity contribution in [3.8, 4) is 5.69 Å². The molecule has 142 valence electrons. The van der Waals surface area contributed by atoms with Crippen molar-refractivity contribution in [2.24, 2.45) is 5.92 Å². The number of aliphatic hydroxyl groups is 3. The van der Waals surface area contributed by atoms with E-state index in [2.05, 4.69) is 17.0 Å². The average Bonchev–Trinajstić information content (AvgIpc) is 3.07. The minimum atomic E-state index is -1.50. The highest BCUT2D eigenvalue weighted by atomic mass is 16.5. The van der Waals surface area contributed by atoms with E-state index >= 15 is 0 Å². The van der Waals surface area contributed by atoms with Crippen molar-refractivity contribution in [1.29, 1.82) is 0 Å². The van der Waals surface area contributed by atoms with Crippen LogP contribution >= 0.6 is 0 Å². The smallest absolute Gasteiger partial charge is 0.178 e. The summed E-state index contributed by atoms with van der Waals surface area (Å²) in [5.74, 6) is 0.714. The standard InChI is InChI=1S/C20H23N3O4/c1-12-6-17(7-12)27-11-18(24)14-8-15-10-22-23(19(15)21-9-14)16-4-2-13(3-5-16)20(25)26/h2-5,8-10,12,17-18,20,24-26H,6-7,11H2,1H3/t12?,17?,18-/m0/s1. The molecule has 0 bridgehead atoms. The second-order valence-electron chi connectivity index (χ2n) is 7.25. The van der Waals surface area contributed by atoms with Gasteiger partial charge in [-0.25, -0.2) is 9.67 Å². The zero-order valence-electron chi connectivity index (χ0n) is 15.1. The summed E-state index contributed by atoms with van der Waals surface area (Å²) >= 11 is 0. The molecule has 2 aromatic heterocycles. The van der Waals surface area contributed by atoms with Gasteiger partial charge in [0.05, 0.1) is 24.6 Å². The van der Waals surface area contributed by atoms with Crippen LogP contribution in [-0.2, 0) is 4.74 Å². The molecule has 0 saturated heterocycles. The molecule has 27 heavy (non-hydrogen) atoms. The lowest BCUT2D eigenvalue weighted by atomic mass is 9.84. The summed E-state index contributed by atoms with van der Waals surface area (Å²) < 4.78 is 7.41. The van der Waals surface area contributed by atoms with Crippen LogP contribution in [0, 0.1) is 5.92 Å². The van der Waals surface area contributed by atoms with Crippen molar-refractivity contribution in [3.05, 3.63) is 53.9 Å². The molecule has 2 heterocycles. The Kier molecular flexibility index (Phi) is 4.92. The molecular weight excluding hydrogens is 346 g/mol. The molecule has 0 amide bonds. The van der Waals surface area contributed by atoms with E-state index in [-0.39, 0.29) is 12.7 Å². The fraction of sp³-hybridized carbons (Fsp3) is 0.400. The van der Waals surface area contributed by atoms with Gasteiger partial charge in [0.2, 0.25) is 0 Å². The van der Waals surface area contributed by atoms with Crippen molar-refractivity contribution in [2.45, 2.75) is 38.3 Å². The third kappa shape index (κ3) is 3.72. The molecule has 4 rings (SSSR count). The van der Waals surface area contributed by atoms with Crippen LogP contribution in [0.5, 0.6) is 0 Å². The number of hydrogen-bond acceptors (Lipinski definition) is 6. The third-order valence-corrected chi connectivity index (χ3v) is 5.07. The zero-order valence-corrected chi connectivity index (χ0v) is 15.1. The van der Waals surface area contributed by atoms with Gasteiger partial charge in [0.25, 0.3) is 0 Å². The molecule has 3 N–H and O–H groups in total. The Morgan fingerprint density at radius 3 is 2.52 bits per heavy atom. The van der Waals surface area contributed by atoms with E-state index in [1.807, 2.05) is 6.07 Å². The molecule has 7 nitrogen and oxygen atoms in total. The minimum absolute atomic E-state index is 0.259. The SMILES string of the molecule is CC1CC(OC[C@H](O)c2cnc3c(cnn3-c3ccc(C(O)O)cc3)c2)C1. The highest BCUT2D eigenvalue weighted by Gasteiger charge is 2.26. The average molecular weight is 369 g/mol. The van der Waals surface area contributed by atoms with Gasteiger partial charge in [-0.2, -0.15) is 5.10 Å². The first kappa shape index (κ1) is 18.1. The summed E-state index contributed by atoms with van der Waals surface area (Å²) in [7, 11) is 0. The first-order valence-corrected chi connectivity index (χ1v) is 9.11. The van der Waals surface area contributed by atoms with Crippen LogP contribution in [0.4, 0.5) is 0 Å². The van der Waals surface area contributed by atoms with Gasteiger partial charge >= 0.3 is 0 Å². The Hall–Kier alpha value is -2.32. The van der Waals surface area contributed by atoms with Crippen LogP contribution < -0.4 is 0 Å². The van der Waals surface area contributed by atoms with E-state index in [1.54, 1.807) is 41.3 Å². The topological polar surface area (TPSA) is 101 Å². The lowest BCUT2D eigenvalue weighted by Gasteiger charge is -2.33. The summed E-state index contributed by atoms with van der Waals surface area (Å²) in [4.78, 5) is 4.46. The number of aliphatic hydroxyl groups excluding tert-OH is 2. The maximum Gasteiger partial charge on any atom is 0.178 e. The lowest BCUT2D eigenvalue weighted by molar-refractivity contribution is -0.0616. The molecule has 0 spiro atoms. The zero-order chi connectivity index (χ0) is 19.0. The lowest BCUT2D eigenvalue weighted by Crippen LogP contribution is -2.30. The van der Waals surface area contributed by atoms with Crippen molar-refractivity contribution in [1.82, 2.24) is 14.8 Å². The van der Waals surface area contributed by atoms with E-state index in [9.17, 15) is 15.3 Å².